The number of rotatable bonds is 7. The molecule has 0 spiro atoms. The number of nitrogens with zero attached hydrogens (tertiary/aromatic N) is 3. The van der Waals surface area contributed by atoms with Gasteiger partial charge in [-0.25, -0.2) is 9.97 Å². The Kier molecular flexibility index (Phi) is 6.31. The number of hydrogen-bond acceptors (Lipinski definition) is 7. The quantitative estimate of drug-likeness (QED) is 0.300. The second-order valence-corrected chi connectivity index (χ2v) is 9.73. The Labute approximate surface area is 215 Å². The molecule has 2 aromatic carbocycles. The average molecular weight is 518 g/mol. The highest BCUT2D eigenvalue weighted by Gasteiger charge is 2.45. The van der Waals surface area contributed by atoms with Gasteiger partial charge in [-0.05, 0) is 55.2 Å². The van der Waals surface area contributed by atoms with E-state index in [1.165, 1.54) is 11.3 Å². The molecule has 8 nitrogen and oxygen atoms in total. The third kappa shape index (κ3) is 4.87. The number of carbonyl (C=O) groups excluding carboxylic acids is 2. The lowest BCUT2D eigenvalue weighted by molar-refractivity contribution is -0.113. The summed E-state index contributed by atoms with van der Waals surface area (Å²) in [6, 6.07) is 18.4. The van der Waals surface area contributed by atoms with E-state index in [1.54, 1.807) is 36.4 Å². The van der Waals surface area contributed by atoms with Crippen molar-refractivity contribution in [2.24, 2.45) is 0 Å². The molecule has 1 aliphatic rings. The number of nitriles is 1. The van der Waals surface area contributed by atoms with Crippen molar-refractivity contribution in [1.82, 2.24) is 9.97 Å². The molecule has 0 unspecified atom stereocenters. The first-order valence-corrected chi connectivity index (χ1v) is 12.5. The van der Waals surface area contributed by atoms with E-state index in [2.05, 4.69) is 26.7 Å². The van der Waals surface area contributed by atoms with Gasteiger partial charge in [-0.2, -0.15) is 5.26 Å². The van der Waals surface area contributed by atoms with Gasteiger partial charge in [-0.1, -0.05) is 29.5 Å². The second kappa shape index (κ2) is 9.57. The third-order valence-electron chi connectivity index (χ3n) is 5.92. The fourth-order valence-corrected chi connectivity index (χ4v) is 4.64. The molecule has 0 bridgehead atoms. The maximum absolute atomic E-state index is 13.0. The zero-order valence-electron chi connectivity index (χ0n) is 19.2. The summed E-state index contributed by atoms with van der Waals surface area (Å²) in [6.45, 7) is 1.89. The molecule has 1 fully saturated rings. The van der Waals surface area contributed by atoms with E-state index in [-0.39, 0.29) is 17.7 Å². The molecule has 36 heavy (non-hydrogen) atoms. The number of anilines is 2. The molecule has 10 heteroatoms. The number of amides is 2. The number of pyridine rings is 1. The molecule has 1 aliphatic carbocycles. The molecule has 0 aliphatic heterocycles. The summed E-state index contributed by atoms with van der Waals surface area (Å²) >= 11 is 6.75. The maximum Gasteiger partial charge on any atom is 0.255 e. The lowest BCUT2D eigenvalue weighted by Gasteiger charge is -2.12. The minimum Gasteiger partial charge on any atom is -0.439 e. The Bertz CT molecular complexity index is 1540. The summed E-state index contributed by atoms with van der Waals surface area (Å²) in [5, 5.41) is 15.4. The lowest BCUT2D eigenvalue weighted by atomic mass is 9.96. The number of thiazole rings is 1. The van der Waals surface area contributed by atoms with Gasteiger partial charge >= 0.3 is 0 Å². The van der Waals surface area contributed by atoms with Crippen LogP contribution in [0.4, 0.5) is 10.8 Å². The maximum atomic E-state index is 13.0. The van der Waals surface area contributed by atoms with Crippen molar-refractivity contribution in [2.75, 3.05) is 16.5 Å². The molecule has 2 N–H and O–H groups in total. The molecule has 180 valence electrons. The molecule has 2 heterocycles. The van der Waals surface area contributed by atoms with Crippen LogP contribution in [0.5, 0.6) is 11.6 Å². The number of aromatic nitrogens is 2. The fourth-order valence-electron chi connectivity index (χ4n) is 3.73. The van der Waals surface area contributed by atoms with Crippen molar-refractivity contribution < 1.29 is 14.3 Å². The van der Waals surface area contributed by atoms with Crippen LogP contribution in [0.25, 0.3) is 10.3 Å². The van der Waals surface area contributed by atoms with Gasteiger partial charge in [0.15, 0.2) is 5.13 Å². The van der Waals surface area contributed by atoms with Gasteiger partial charge in [0, 0.05) is 23.4 Å². The smallest absolute Gasteiger partial charge is 0.255 e. The minimum absolute atomic E-state index is 0.157. The van der Waals surface area contributed by atoms with Crippen LogP contribution in [-0.2, 0) is 10.2 Å². The zero-order chi connectivity index (χ0) is 25.3. The van der Waals surface area contributed by atoms with Gasteiger partial charge in [0.1, 0.15) is 22.0 Å². The van der Waals surface area contributed by atoms with Crippen LogP contribution in [-0.4, -0.2) is 27.7 Å². The average Bonchev–Trinajstić information content (AvgIpc) is 3.59. The van der Waals surface area contributed by atoms with E-state index in [0.717, 1.165) is 24.0 Å². The van der Waals surface area contributed by atoms with Gasteiger partial charge < -0.3 is 15.4 Å². The van der Waals surface area contributed by atoms with Crippen LogP contribution < -0.4 is 15.4 Å². The molecule has 2 amide bonds. The van der Waals surface area contributed by atoms with Gasteiger partial charge in [0.2, 0.25) is 11.8 Å². The monoisotopic (exact) mass is 517 g/mol. The standard InChI is InChI=1S/C26H20ClN5O3S/c1-15-5-6-18(35-22-8-7-19-24(32-22)36-25(30-19)31-21(33)13-27)12-20(15)29-23(34)16-3-2-4-17(11-16)26(14-28)9-10-26/h2-8,11-12H,9-10,13H2,1H3,(H,29,34)(H,30,31,33). The number of nitrogens with one attached hydrogen (secondary N) is 2. The van der Waals surface area contributed by atoms with Crippen LogP contribution in [0.3, 0.4) is 0 Å². The number of alkyl halides is 1. The van der Waals surface area contributed by atoms with Crippen molar-refractivity contribution in [2.45, 2.75) is 25.2 Å². The highest BCUT2D eigenvalue weighted by Crippen LogP contribution is 2.47. The number of hydrogen-bond donors (Lipinski definition) is 2. The van der Waals surface area contributed by atoms with E-state index in [4.69, 9.17) is 16.3 Å². The van der Waals surface area contributed by atoms with E-state index < -0.39 is 5.41 Å². The number of aryl methyl sites for hydroxylation is 1. The van der Waals surface area contributed by atoms with E-state index in [1.807, 2.05) is 25.1 Å². The Hall–Kier alpha value is -4.00. The molecule has 5 rings (SSSR count). The van der Waals surface area contributed by atoms with Crippen LogP contribution in [0.2, 0.25) is 0 Å². The second-order valence-electron chi connectivity index (χ2n) is 8.48. The van der Waals surface area contributed by atoms with Gasteiger partial charge in [0.05, 0.1) is 11.5 Å². The van der Waals surface area contributed by atoms with Gasteiger partial charge in [-0.15, -0.1) is 11.6 Å². The third-order valence-corrected chi connectivity index (χ3v) is 7.04. The normalized spacial score (nSPS) is 13.6. The molecule has 0 saturated heterocycles. The number of halogens is 1. The molecule has 4 aromatic rings. The van der Waals surface area contributed by atoms with Crippen molar-refractivity contribution in [3.8, 4) is 17.7 Å². The highest BCUT2D eigenvalue weighted by atomic mass is 35.5. The Morgan fingerprint density at radius 2 is 1.97 bits per heavy atom. The Morgan fingerprint density at radius 1 is 1.14 bits per heavy atom. The van der Waals surface area contributed by atoms with Crippen molar-refractivity contribution >= 4 is 55.9 Å². The van der Waals surface area contributed by atoms with E-state index in [9.17, 15) is 14.9 Å². The predicted molar refractivity (Wildman–Crippen MR) is 139 cm³/mol. The van der Waals surface area contributed by atoms with Crippen LogP contribution in [0.15, 0.2) is 54.6 Å². The summed E-state index contributed by atoms with van der Waals surface area (Å²) in [5.41, 5.74) is 3.02. The predicted octanol–water partition coefficient (Wildman–Crippen LogP) is 5.78. The van der Waals surface area contributed by atoms with Gasteiger partial charge in [-0.3, -0.25) is 9.59 Å². The van der Waals surface area contributed by atoms with E-state index >= 15 is 0 Å². The van der Waals surface area contributed by atoms with Crippen LogP contribution in [0, 0.1) is 18.3 Å². The summed E-state index contributed by atoms with van der Waals surface area (Å²) in [7, 11) is 0. The Morgan fingerprint density at radius 3 is 2.72 bits per heavy atom. The van der Waals surface area contributed by atoms with Gasteiger partial charge in [0.25, 0.3) is 5.91 Å². The number of ether oxygens (including phenoxy) is 1. The first kappa shape index (κ1) is 23.7. The highest BCUT2D eigenvalue weighted by molar-refractivity contribution is 7.22. The Balaban J connectivity index is 1.32. The van der Waals surface area contributed by atoms with Crippen LogP contribution in [0.1, 0.15) is 34.3 Å². The van der Waals surface area contributed by atoms with E-state index in [0.29, 0.717) is 38.4 Å². The summed E-state index contributed by atoms with van der Waals surface area (Å²) in [4.78, 5) is 33.9. The summed E-state index contributed by atoms with van der Waals surface area (Å²) in [6.07, 6.45) is 1.63. The number of fused-ring (bicyclic) bond motifs is 1. The molecule has 1 saturated carbocycles. The fraction of sp³-hybridized carbons (Fsp3) is 0.192. The number of carbonyl (C=O) groups is 2. The van der Waals surface area contributed by atoms with Crippen molar-refractivity contribution in [3.05, 3.63) is 71.3 Å². The molecular weight excluding hydrogens is 498 g/mol. The SMILES string of the molecule is Cc1ccc(Oc2ccc3nc(NC(=O)CCl)sc3n2)cc1NC(=O)c1cccc(C2(C#N)CC2)c1. The molecular formula is C26H20ClN5O3S. The zero-order valence-corrected chi connectivity index (χ0v) is 20.7. The number of benzene rings is 2. The first-order valence-electron chi connectivity index (χ1n) is 11.1. The molecule has 2 aromatic heterocycles. The largest absolute Gasteiger partial charge is 0.439 e. The summed E-state index contributed by atoms with van der Waals surface area (Å²) < 4.78 is 5.94. The van der Waals surface area contributed by atoms with Crippen molar-refractivity contribution in [3.63, 3.8) is 0 Å². The molecule has 0 atom stereocenters. The molecule has 0 radical (unpaired) electrons. The topological polar surface area (TPSA) is 117 Å². The van der Waals surface area contributed by atoms with Crippen LogP contribution >= 0.6 is 22.9 Å². The van der Waals surface area contributed by atoms with Crippen molar-refractivity contribution in [1.29, 1.82) is 5.26 Å². The minimum atomic E-state index is -0.456. The first-order chi connectivity index (χ1) is 17.4. The lowest BCUT2D eigenvalue weighted by Crippen LogP contribution is -2.14. The summed E-state index contributed by atoms with van der Waals surface area (Å²) in [5.74, 6) is 0.0853.